The van der Waals surface area contributed by atoms with Crippen molar-refractivity contribution in [3.8, 4) is 11.5 Å². The number of carbonyl (C=O) groups excluding carboxylic acids is 1. The van der Waals surface area contributed by atoms with Gasteiger partial charge in [-0.2, -0.15) is 0 Å². The van der Waals surface area contributed by atoms with Crippen LogP contribution >= 0.6 is 11.8 Å². The van der Waals surface area contributed by atoms with Crippen LogP contribution in [0.15, 0.2) is 47.5 Å². The zero-order chi connectivity index (χ0) is 21.4. The summed E-state index contributed by atoms with van der Waals surface area (Å²) in [5, 5.41) is 2.08. The minimum atomic E-state index is 0.0949. The number of hydrogen-bond donors (Lipinski definition) is 0. The number of nitrogens with zero attached hydrogens (tertiary/aromatic N) is 2. The van der Waals surface area contributed by atoms with Gasteiger partial charge in [0.05, 0.1) is 22.3 Å². The maximum atomic E-state index is 13.1. The molecule has 2 aliphatic rings. The number of likely N-dealkylation sites (tertiary alicyclic amines) is 1. The second-order valence-electron chi connectivity index (χ2n) is 8.19. The van der Waals surface area contributed by atoms with E-state index in [1.165, 1.54) is 22.7 Å². The van der Waals surface area contributed by atoms with E-state index < -0.39 is 0 Å². The van der Waals surface area contributed by atoms with Crippen molar-refractivity contribution in [2.75, 3.05) is 25.5 Å². The minimum Gasteiger partial charge on any atom is -0.486 e. The summed E-state index contributed by atoms with van der Waals surface area (Å²) in [4.78, 5) is 20.0. The van der Waals surface area contributed by atoms with E-state index in [2.05, 4.69) is 44.2 Å². The fourth-order valence-electron chi connectivity index (χ4n) is 4.50. The lowest BCUT2D eigenvalue weighted by Gasteiger charge is -2.26. The lowest BCUT2D eigenvalue weighted by atomic mass is 10.0. The fourth-order valence-corrected chi connectivity index (χ4v) is 5.36. The van der Waals surface area contributed by atoms with Gasteiger partial charge < -0.3 is 14.4 Å². The van der Waals surface area contributed by atoms with Gasteiger partial charge >= 0.3 is 0 Å². The van der Waals surface area contributed by atoms with Crippen LogP contribution in [-0.4, -0.2) is 41.3 Å². The number of hydrogen-bond acceptors (Lipinski definition) is 5. The zero-order valence-corrected chi connectivity index (χ0v) is 18.7. The van der Waals surface area contributed by atoms with Gasteiger partial charge in [-0.25, -0.2) is 4.98 Å². The standard InChI is InChI=1S/C25H26N2O3S/c1-16-5-3-6-19-17(2)13-23(26-25(16)19)31-15-24(28)27-10-4-7-20(27)18-8-9-21-22(14-18)30-12-11-29-21/h3,5-6,8-9,13-14,20H,4,7,10-12,15H2,1-2H3/t20-/m1/s1. The second kappa shape index (κ2) is 8.42. The molecule has 1 saturated heterocycles. The Labute approximate surface area is 186 Å². The quantitative estimate of drug-likeness (QED) is 0.536. The molecule has 1 aromatic heterocycles. The lowest BCUT2D eigenvalue weighted by Crippen LogP contribution is -2.32. The number of amides is 1. The van der Waals surface area contributed by atoms with Crippen LogP contribution in [0, 0.1) is 13.8 Å². The third-order valence-electron chi connectivity index (χ3n) is 6.09. The molecule has 6 heteroatoms. The van der Waals surface area contributed by atoms with Gasteiger partial charge in [0, 0.05) is 11.9 Å². The Balaban J connectivity index is 1.31. The number of aryl methyl sites for hydroxylation is 2. The van der Waals surface area contributed by atoms with Gasteiger partial charge in [-0.05, 0) is 61.6 Å². The van der Waals surface area contributed by atoms with Gasteiger partial charge in [-0.15, -0.1) is 0 Å². The Kier molecular flexibility index (Phi) is 5.48. The van der Waals surface area contributed by atoms with E-state index in [9.17, 15) is 4.79 Å². The number of carbonyl (C=O) groups is 1. The van der Waals surface area contributed by atoms with Crippen molar-refractivity contribution >= 4 is 28.6 Å². The molecular formula is C25H26N2O3S. The van der Waals surface area contributed by atoms with Crippen LogP contribution in [0.4, 0.5) is 0 Å². The summed E-state index contributed by atoms with van der Waals surface area (Å²) in [6.07, 6.45) is 1.99. The molecule has 3 aromatic rings. The van der Waals surface area contributed by atoms with Gasteiger partial charge in [-0.3, -0.25) is 4.79 Å². The molecular weight excluding hydrogens is 408 g/mol. The largest absolute Gasteiger partial charge is 0.486 e. The second-order valence-corrected chi connectivity index (χ2v) is 9.18. The summed E-state index contributed by atoms with van der Waals surface area (Å²) in [7, 11) is 0. The van der Waals surface area contributed by atoms with Crippen molar-refractivity contribution in [1.82, 2.24) is 9.88 Å². The third kappa shape index (κ3) is 3.97. The van der Waals surface area contributed by atoms with Gasteiger partial charge in [-0.1, -0.05) is 36.0 Å². The van der Waals surface area contributed by atoms with Crippen LogP contribution in [0.3, 0.4) is 0 Å². The van der Waals surface area contributed by atoms with Crippen LogP contribution < -0.4 is 9.47 Å². The topological polar surface area (TPSA) is 51.7 Å². The number of rotatable bonds is 4. The first-order valence-corrected chi connectivity index (χ1v) is 11.8. The van der Waals surface area contributed by atoms with Crippen molar-refractivity contribution in [1.29, 1.82) is 0 Å². The fraction of sp³-hybridized carbons (Fsp3) is 0.360. The lowest BCUT2D eigenvalue weighted by molar-refractivity contribution is -0.129. The highest BCUT2D eigenvalue weighted by molar-refractivity contribution is 7.99. The summed E-state index contributed by atoms with van der Waals surface area (Å²) >= 11 is 1.53. The average Bonchev–Trinajstić information content (AvgIpc) is 3.28. The molecule has 1 atom stereocenters. The van der Waals surface area contributed by atoms with Crippen molar-refractivity contribution in [2.45, 2.75) is 37.8 Å². The maximum absolute atomic E-state index is 13.1. The Morgan fingerprint density at radius 2 is 1.94 bits per heavy atom. The number of ether oxygens (including phenoxy) is 2. The first-order valence-electron chi connectivity index (χ1n) is 10.8. The Morgan fingerprint density at radius 3 is 2.81 bits per heavy atom. The van der Waals surface area contributed by atoms with E-state index in [0.717, 1.165) is 52.6 Å². The number of aromatic nitrogens is 1. The van der Waals surface area contributed by atoms with E-state index >= 15 is 0 Å². The summed E-state index contributed by atoms with van der Waals surface area (Å²) in [6, 6.07) is 14.5. The minimum absolute atomic E-state index is 0.0949. The van der Waals surface area contributed by atoms with E-state index in [0.29, 0.717) is 19.0 Å². The molecule has 5 nitrogen and oxygen atoms in total. The summed E-state index contributed by atoms with van der Waals surface area (Å²) in [5.41, 5.74) is 4.50. The molecule has 1 fully saturated rings. The molecule has 2 aliphatic heterocycles. The van der Waals surface area contributed by atoms with E-state index in [1.54, 1.807) is 0 Å². The predicted molar refractivity (Wildman–Crippen MR) is 123 cm³/mol. The number of para-hydroxylation sites is 1. The monoisotopic (exact) mass is 434 g/mol. The molecule has 160 valence electrons. The summed E-state index contributed by atoms with van der Waals surface area (Å²) < 4.78 is 11.4. The molecule has 3 heterocycles. The average molecular weight is 435 g/mol. The number of thioether (sulfide) groups is 1. The van der Waals surface area contributed by atoms with Crippen molar-refractivity contribution < 1.29 is 14.3 Å². The van der Waals surface area contributed by atoms with Gasteiger partial charge in [0.25, 0.3) is 0 Å². The Bertz CT molecular complexity index is 1150. The maximum Gasteiger partial charge on any atom is 0.233 e. The molecule has 0 spiro atoms. The van der Waals surface area contributed by atoms with Crippen molar-refractivity contribution in [3.63, 3.8) is 0 Å². The molecule has 0 saturated carbocycles. The Morgan fingerprint density at radius 1 is 1.10 bits per heavy atom. The summed E-state index contributed by atoms with van der Waals surface area (Å²) in [6.45, 7) is 6.13. The highest BCUT2D eigenvalue weighted by Crippen LogP contribution is 2.38. The molecule has 5 rings (SSSR count). The molecule has 1 amide bonds. The van der Waals surface area contributed by atoms with Crippen molar-refractivity contribution in [2.24, 2.45) is 0 Å². The number of pyridine rings is 1. The SMILES string of the molecule is Cc1cc(SCC(=O)N2CCC[C@@H]2c2ccc3c(c2)OCCO3)nc2c(C)cccc12. The molecule has 2 aromatic carbocycles. The number of benzene rings is 2. The van der Waals surface area contributed by atoms with Gasteiger partial charge in [0.1, 0.15) is 13.2 Å². The molecule has 0 radical (unpaired) electrons. The number of fused-ring (bicyclic) bond motifs is 2. The highest BCUT2D eigenvalue weighted by atomic mass is 32.2. The molecule has 0 unspecified atom stereocenters. The predicted octanol–water partition coefficient (Wildman–Crippen LogP) is 5.08. The highest BCUT2D eigenvalue weighted by Gasteiger charge is 2.30. The van der Waals surface area contributed by atoms with E-state index in [4.69, 9.17) is 14.5 Å². The van der Waals surface area contributed by atoms with Gasteiger partial charge in [0.2, 0.25) is 5.91 Å². The first kappa shape index (κ1) is 20.2. The van der Waals surface area contributed by atoms with Crippen LogP contribution in [0.2, 0.25) is 0 Å². The van der Waals surface area contributed by atoms with Crippen molar-refractivity contribution in [3.05, 3.63) is 59.2 Å². The molecule has 0 N–H and O–H groups in total. The molecule has 0 bridgehead atoms. The third-order valence-corrected chi connectivity index (χ3v) is 6.99. The van der Waals surface area contributed by atoms with Crippen LogP contribution in [0.25, 0.3) is 10.9 Å². The van der Waals surface area contributed by atoms with Crippen LogP contribution in [0.5, 0.6) is 11.5 Å². The molecule has 0 aliphatic carbocycles. The van der Waals surface area contributed by atoms with Crippen LogP contribution in [0.1, 0.15) is 35.6 Å². The Hall–Kier alpha value is -2.73. The van der Waals surface area contributed by atoms with Crippen LogP contribution in [-0.2, 0) is 4.79 Å². The first-order chi connectivity index (χ1) is 15.1. The smallest absolute Gasteiger partial charge is 0.233 e. The van der Waals surface area contributed by atoms with E-state index in [1.807, 2.05) is 17.0 Å². The molecule has 31 heavy (non-hydrogen) atoms. The normalized spacial score (nSPS) is 17.9. The van der Waals surface area contributed by atoms with Gasteiger partial charge in [0.15, 0.2) is 11.5 Å². The zero-order valence-electron chi connectivity index (χ0n) is 17.9. The van der Waals surface area contributed by atoms with E-state index in [-0.39, 0.29) is 11.9 Å². The summed E-state index contributed by atoms with van der Waals surface area (Å²) in [5.74, 6) is 2.12.